The third kappa shape index (κ3) is 3.16. The zero-order valence-electron chi connectivity index (χ0n) is 24.5. The molecule has 3 nitrogen and oxygen atoms in total. The van der Waals surface area contributed by atoms with Crippen molar-refractivity contribution in [2.45, 2.75) is 0 Å². The van der Waals surface area contributed by atoms with Crippen molar-refractivity contribution in [2.75, 3.05) is 0 Å². The van der Waals surface area contributed by atoms with Crippen LogP contribution in [0.25, 0.3) is 103 Å². The van der Waals surface area contributed by atoms with E-state index in [4.69, 9.17) is 9.97 Å². The smallest absolute Gasteiger partial charge is 0.165 e. The van der Waals surface area contributed by atoms with Crippen LogP contribution in [0.4, 0.5) is 0 Å². The second-order valence-electron chi connectivity index (χ2n) is 12.1. The number of hydrogen-bond donors (Lipinski definition) is 0. The van der Waals surface area contributed by atoms with Gasteiger partial charge in [0.15, 0.2) is 5.82 Å². The number of aromatic nitrogens is 3. The summed E-state index contributed by atoms with van der Waals surface area (Å²) in [6.07, 6.45) is 0. The van der Waals surface area contributed by atoms with Crippen LogP contribution < -0.4 is 0 Å². The van der Waals surface area contributed by atoms with Gasteiger partial charge in [0.2, 0.25) is 0 Å². The molecule has 0 radical (unpaired) electrons. The van der Waals surface area contributed by atoms with E-state index in [0.717, 1.165) is 39.1 Å². The second kappa shape index (κ2) is 8.87. The van der Waals surface area contributed by atoms with Crippen molar-refractivity contribution in [3.8, 4) is 39.3 Å². The number of rotatable bonds is 2. The van der Waals surface area contributed by atoms with Gasteiger partial charge in [0.25, 0.3) is 0 Å². The summed E-state index contributed by atoms with van der Waals surface area (Å²) in [5, 5.41) is 7.60. The highest BCUT2D eigenvalue weighted by Gasteiger charge is 2.26. The molecule has 0 unspecified atom stereocenters. The molecule has 3 heterocycles. The van der Waals surface area contributed by atoms with Crippen LogP contribution in [-0.4, -0.2) is 14.5 Å². The summed E-state index contributed by atoms with van der Waals surface area (Å²) in [7, 11) is 0. The number of thiophene rings is 1. The predicted molar refractivity (Wildman–Crippen MR) is 194 cm³/mol. The molecule has 0 aliphatic heterocycles. The van der Waals surface area contributed by atoms with Crippen molar-refractivity contribution in [2.24, 2.45) is 0 Å². The molecular weight excluding hydrogens is 579 g/mol. The van der Waals surface area contributed by atoms with Crippen LogP contribution in [0.5, 0.6) is 0 Å². The number of fused-ring (bicyclic) bond motifs is 6. The molecule has 0 N–H and O–H groups in total. The molecule has 0 saturated heterocycles. The first kappa shape index (κ1) is 24.5. The van der Waals surface area contributed by atoms with Crippen LogP contribution in [0, 0.1) is 0 Å². The predicted octanol–water partition coefficient (Wildman–Crippen LogP) is 11.6. The maximum Gasteiger partial charge on any atom is 0.165 e. The summed E-state index contributed by atoms with van der Waals surface area (Å²) in [4.78, 5) is 10.9. The summed E-state index contributed by atoms with van der Waals surface area (Å²) in [5.74, 6) is 0.848. The summed E-state index contributed by atoms with van der Waals surface area (Å²) < 4.78 is 4.87. The highest BCUT2D eigenvalue weighted by atomic mass is 32.1. The lowest BCUT2D eigenvalue weighted by atomic mass is 9.93. The molecular formula is C42H23N3S. The zero-order valence-corrected chi connectivity index (χ0v) is 25.3. The standard InChI is InChI=1S/C42H23N3S/c1-2-10-25(11-3-1)41-42(44-33-23-37-31(22-32(33)43-41)26-14-4-5-21-36(26)46-37)45-34-19-8-17-29-27-15-6-12-24-13-7-16-28(38(24)27)30-18-9-20-35(45)40(30)39(29)34/h1-23H. The van der Waals surface area contributed by atoms with Crippen molar-refractivity contribution in [1.82, 2.24) is 14.5 Å². The molecule has 10 aromatic rings. The number of hydrogen-bond acceptors (Lipinski definition) is 3. The topological polar surface area (TPSA) is 30.7 Å². The first-order valence-electron chi connectivity index (χ1n) is 15.6. The Hall–Kier alpha value is -5.84. The Morgan fingerprint density at radius 2 is 1.07 bits per heavy atom. The van der Waals surface area contributed by atoms with Gasteiger partial charge in [0.05, 0.1) is 22.1 Å². The fourth-order valence-corrected chi connectivity index (χ4v) is 8.91. The highest BCUT2D eigenvalue weighted by molar-refractivity contribution is 7.25. The third-order valence-electron chi connectivity index (χ3n) is 9.71. The average molecular weight is 602 g/mol. The molecule has 1 aliphatic rings. The Morgan fingerprint density at radius 1 is 0.457 bits per heavy atom. The van der Waals surface area contributed by atoms with Crippen molar-refractivity contribution >= 4 is 75.1 Å². The largest absolute Gasteiger partial charge is 0.292 e. The molecule has 212 valence electrons. The fraction of sp³-hybridized carbons (Fsp3) is 0. The molecule has 4 heteroatoms. The zero-order chi connectivity index (χ0) is 29.9. The maximum atomic E-state index is 5.51. The second-order valence-corrected chi connectivity index (χ2v) is 13.2. The minimum absolute atomic E-state index is 0.848. The highest BCUT2D eigenvalue weighted by Crippen LogP contribution is 2.50. The van der Waals surface area contributed by atoms with E-state index in [1.807, 2.05) is 11.3 Å². The van der Waals surface area contributed by atoms with Gasteiger partial charge in [-0.15, -0.1) is 11.3 Å². The Labute approximate surface area is 267 Å². The van der Waals surface area contributed by atoms with Crippen LogP contribution in [0.1, 0.15) is 0 Å². The number of benzene rings is 7. The summed E-state index contributed by atoms with van der Waals surface area (Å²) in [6.45, 7) is 0. The first-order valence-corrected chi connectivity index (χ1v) is 16.4. The molecule has 0 fully saturated rings. The van der Waals surface area contributed by atoms with Gasteiger partial charge in [0.1, 0.15) is 5.69 Å². The van der Waals surface area contributed by atoms with Gasteiger partial charge in [-0.25, -0.2) is 9.97 Å². The van der Waals surface area contributed by atoms with E-state index < -0.39 is 0 Å². The van der Waals surface area contributed by atoms with E-state index in [1.165, 1.54) is 64.0 Å². The molecule has 0 amide bonds. The van der Waals surface area contributed by atoms with Crippen LogP contribution in [-0.2, 0) is 0 Å². The van der Waals surface area contributed by atoms with Crippen LogP contribution in [0.15, 0.2) is 140 Å². The molecule has 1 aliphatic carbocycles. The lowest BCUT2D eigenvalue weighted by Crippen LogP contribution is -2.04. The van der Waals surface area contributed by atoms with Gasteiger partial charge >= 0.3 is 0 Å². The summed E-state index contributed by atoms with van der Waals surface area (Å²) in [5.41, 5.74) is 11.1. The van der Waals surface area contributed by atoms with Crippen molar-refractivity contribution in [3.63, 3.8) is 0 Å². The SMILES string of the molecule is c1ccc(-c2nc3cc4c(cc3nc2-n2c3cccc5c3c3c(cccc32)-c2cccc3cccc-5c23)sc2ccccc24)cc1. The molecule has 3 aromatic heterocycles. The monoisotopic (exact) mass is 601 g/mol. The summed E-state index contributed by atoms with van der Waals surface area (Å²) >= 11 is 1.82. The quantitative estimate of drug-likeness (QED) is 0.197. The van der Waals surface area contributed by atoms with Crippen LogP contribution in [0.2, 0.25) is 0 Å². The fourth-order valence-electron chi connectivity index (χ4n) is 7.79. The van der Waals surface area contributed by atoms with Gasteiger partial charge in [-0.3, -0.25) is 4.57 Å². The molecule has 0 bridgehead atoms. The Bertz CT molecular complexity index is 2820. The number of nitrogens with zero attached hydrogens (tertiary/aromatic N) is 3. The lowest BCUT2D eigenvalue weighted by molar-refractivity contribution is 1.08. The third-order valence-corrected chi connectivity index (χ3v) is 10.8. The Kier molecular flexibility index (Phi) is 4.72. The lowest BCUT2D eigenvalue weighted by Gasteiger charge is -2.15. The minimum Gasteiger partial charge on any atom is -0.292 e. The van der Waals surface area contributed by atoms with Crippen LogP contribution in [0.3, 0.4) is 0 Å². The van der Waals surface area contributed by atoms with E-state index in [-0.39, 0.29) is 0 Å². The van der Waals surface area contributed by atoms with Gasteiger partial charge in [-0.05, 0) is 63.4 Å². The van der Waals surface area contributed by atoms with E-state index in [1.54, 1.807) is 0 Å². The molecule has 0 atom stereocenters. The molecule has 46 heavy (non-hydrogen) atoms. The van der Waals surface area contributed by atoms with E-state index in [0.29, 0.717) is 0 Å². The first-order chi connectivity index (χ1) is 22.8. The van der Waals surface area contributed by atoms with Gasteiger partial charge in [0, 0.05) is 36.5 Å². The Morgan fingerprint density at radius 3 is 1.78 bits per heavy atom. The van der Waals surface area contributed by atoms with E-state index in [9.17, 15) is 0 Å². The van der Waals surface area contributed by atoms with E-state index in [2.05, 4.69) is 144 Å². The van der Waals surface area contributed by atoms with Gasteiger partial charge in [-0.1, -0.05) is 109 Å². The molecule has 11 rings (SSSR count). The normalized spacial score (nSPS) is 12.3. The minimum atomic E-state index is 0.848. The molecule has 7 aromatic carbocycles. The van der Waals surface area contributed by atoms with E-state index >= 15 is 0 Å². The van der Waals surface area contributed by atoms with Crippen molar-refractivity contribution in [1.29, 1.82) is 0 Å². The van der Waals surface area contributed by atoms with Gasteiger partial charge < -0.3 is 0 Å². The van der Waals surface area contributed by atoms with Crippen LogP contribution >= 0.6 is 11.3 Å². The average Bonchev–Trinajstić information content (AvgIpc) is 3.61. The Balaban J connectivity index is 1.31. The maximum absolute atomic E-state index is 5.51. The van der Waals surface area contributed by atoms with Crippen molar-refractivity contribution < 1.29 is 0 Å². The summed E-state index contributed by atoms with van der Waals surface area (Å²) in [6, 6.07) is 50.4. The molecule has 0 saturated carbocycles. The van der Waals surface area contributed by atoms with Gasteiger partial charge in [-0.2, -0.15) is 0 Å². The molecule has 0 spiro atoms. The van der Waals surface area contributed by atoms with Crippen molar-refractivity contribution in [3.05, 3.63) is 140 Å².